The number of amides is 1. The molecule has 1 amide bonds. The first kappa shape index (κ1) is 14.8. The predicted molar refractivity (Wildman–Crippen MR) is 79.2 cm³/mol. The van der Waals surface area contributed by atoms with Gasteiger partial charge in [-0.05, 0) is 32.0 Å². The van der Waals surface area contributed by atoms with Gasteiger partial charge >= 0.3 is 0 Å². The van der Waals surface area contributed by atoms with Crippen molar-refractivity contribution in [1.29, 1.82) is 0 Å². The average Bonchev–Trinajstić information content (AvgIpc) is 2.64. The van der Waals surface area contributed by atoms with Crippen molar-refractivity contribution in [2.45, 2.75) is 26.8 Å². The molecule has 0 fully saturated rings. The molecule has 0 saturated heterocycles. The Morgan fingerprint density at radius 3 is 2.45 bits per heavy atom. The number of nitrogens with zero attached hydrogens (tertiary/aromatic N) is 3. The van der Waals surface area contributed by atoms with E-state index >= 15 is 0 Å². The SMILES string of the molecule is Cc1nc(C)n(CCC(=O)Nc2cc(Cl)cc(Cl)c2)n1. The van der Waals surface area contributed by atoms with Crippen LogP contribution in [-0.2, 0) is 11.3 Å². The van der Waals surface area contributed by atoms with Gasteiger partial charge in [-0.15, -0.1) is 0 Å². The number of carbonyl (C=O) groups is 1. The number of carbonyl (C=O) groups excluding carboxylic acids is 1. The first-order valence-electron chi connectivity index (χ1n) is 6.08. The summed E-state index contributed by atoms with van der Waals surface area (Å²) in [6.07, 6.45) is 0.299. The molecule has 0 unspecified atom stereocenters. The standard InChI is InChI=1S/C13H14Cl2N4O/c1-8-16-9(2)19(18-8)4-3-13(20)17-12-6-10(14)5-11(15)7-12/h5-7H,3-4H2,1-2H3,(H,17,20). The van der Waals surface area contributed by atoms with E-state index in [0.29, 0.717) is 34.5 Å². The van der Waals surface area contributed by atoms with E-state index in [1.807, 2.05) is 13.8 Å². The van der Waals surface area contributed by atoms with Gasteiger partial charge in [0.05, 0.1) is 6.54 Å². The zero-order chi connectivity index (χ0) is 14.7. The third kappa shape index (κ3) is 3.95. The van der Waals surface area contributed by atoms with E-state index in [4.69, 9.17) is 23.2 Å². The van der Waals surface area contributed by atoms with Gasteiger partial charge in [0.25, 0.3) is 0 Å². The lowest BCUT2D eigenvalue weighted by atomic mass is 10.3. The lowest BCUT2D eigenvalue weighted by molar-refractivity contribution is -0.116. The molecule has 0 spiro atoms. The van der Waals surface area contributed by atoms with Gasteiger partial charge in [-0.3, -0.25) is 4.79 Å². The number of nitrogens with one attached hydrogen (secondary N) is 1. The molecule has 1 aromatic heterocycles. The van der Waals surface area contributed by atoms with Crippen molar-refractivity contribution >= 4 is 34.8 Å². The highest BCUT2D eigenvalue weighted by atomic mass is 35.5. The molecule has 0 aliphatic rings. The quantitative estimate of drug-likeness (QED) is 0.942. The topological polar surface area (TPSA) is 59.8 Å². The molecule has 0 atom stereocenters. The summed E-state index contributed by atoms with van der Waals surface area (Å²) >= 11 is 11.7. The minimum absolute atomic E-state index is 0.129. The van der Waals surface area contributed by atoms with Gasteiger partial charge < -0.3 is 5.32 Å². The van der Waals surface area contributed by atoms with E-state index < -0.39 is 0 Å². The van der Waals surface area contributed by atoms with E-state index in [1.54, 1.807) is 22.9 Å². The monoisotopic (exact) mass is 312 g/mol. The summed E-state index contributed by atoms with van der Waals surface area (Å²) in [5.74, 6) is 1.36. The summed E-state index contributed by atoms with van der Waals surface area (Å²) in [6.45, 7) is 4.15. The Morgan fingerprint density at radius 2 is 1.90 bits per heavy atom. The summed E-state index contributed by atoms with van der Waals surface area (Å²) in [4.78, 5) is 16.0. The summed E-state index contributed by atoms with van der Waals surface area (Å²) in [5.41, 5.74) is 0.582. The predicted octanol–water partition coefficient (Wildman–Crippen LogP) is 3.23. The Labute approximate surface area is 126 Å². The number of hydrogen-bond acceptors (Lipinski definition) is 3. The third-order valence-electron chi connectivity index (χ3n) is 2.66. The van der Waals surface area contributed by atoms with Gasteiger partial charge in [0.1, 0.15) is 11.6 Å². The van der Waals surface area contributed by atoms with Crippen LogP contribution in [0.4, 0.5) is 5.69 Å². The Balaban J connectivity index is 1.94. The van der Waals surface area contributed by atoms with Crippen molar-refractivity contribution in [1.82, 2.24) is 14.8 Å². The second-order valence-corrected chi connectivity index (χ2v) is 5.26. The number of halogens is 2. The molecular formula is C13H14Cl2N4O. The zero-order valence-electron chi connectivity index (χ0n) is 11.2. The van der Waals surface area contributed by atoms with Gasteiger partial charge in [0.15, 0.2) is 0 Å². The number of aryl methyl sites for hydroxylation is 3. The van der Waals surface area contributed by atoms with Crippen LogP contribution in [0.5, 0.6) is 0 Å². The van der Waals surface area contributed by atoms with Crippen LogP contribution in [0, 0.1) is 13.8 Å². The molecule has 2 aromatic rings. The van der Waals surface area contributed by atoms with Crippen LogP contribution in [-0.4, -0.2) is 20.7 Å². The summed E-state index contributed by atoms with van der Waals surface area (Å²) in [7, 11) is 0. The molecule has 0 radical (unpaired) electrons. The fourth-order valence-corrected chi connectivity index (χ4v) is 2.36. The third-order valence-corrected chi connectivity index (χ3v) is 3.10. The Bertz CT molecular complexity index is 619. The van der Waals surface area contributed by atoms with E-state index in [2.05, 4.69) is 15.4 Å². The molecule has 1 heterocycles. The Kier molecular flexibility index (Phi) is 4.62. The molecule has 0 aliphatic carbocycles. The minimum atomic E-state index is -0.129. The molecule has 1 aromatic carbocycles. The second-order valence-electron chi connectivity index (χ2n) is 4.39. The number of aromatic nitrogens is 3. The van der Waals surface area contributed by atoms with Gasteiger partial charge in [-0.1, -0.05) is 23.2 Å². The molecule has 0 aliphatic heterocycles. The largest absolute Gasteiger partial charge is 0.326 e. The van der Waals surface area contributed by atoms with Crippen LogP contribution in [0.3, 0.4) is 0 Å². The number of anilines is 1. The van der Waals surface area contributed by atoms with Crippen molar-refractivity contribution in [2.75, 3.05) is 5.32 Å². The number of hydrogen-bond donors (Lipinski definition) is 1. The maximum Gasteiger partial charge on any atom is 0.226 e. The van der Waals surface area contributed by atoms with Crippen molar-refractivity contribution < 1.29 is 4.79 Å². The lowest BCUT2D eigenvalue weighted by Gasteiger charge is -2.07. The van der Waals surface area contributed by atoms with Crippen LogP contribution >= 0.6 is 23.2 Å². The first-order chi connectivity index (χ1) is 9.44. The van der Waals surface area contributed by atoms with Crippen LogP contribution < -0.4 is 5.32 Å². The van der Waals surface area contributed by atoms with Crippen LogP contribution in [0.15, 0.2) is 18.2 Å². The van der Waals surface area contributed by atoms with Crippen molar-refractivity contribution in [2.24, 2.45) is 0 Å². The molecule has 7 heteroatoms. The highest BCUT2D eigenvalue weighted by Gasteiger charge is 2.07. The molecule has 2 rings (SSSR count). The van der Waals surface area contributed by atoms with Crippen molar-refractivity contribution in [3.05, 3.63) is 39.9 Å². The summed E-state index contributed by atoms with van der Waals surface area (Å²) in [6, 6.07) is 4.91. The minimum Gasteiger partial charge on any atom is -0.326 e. The smallest absolute Gasteiger partial charge is 0.226 e. The molecule has 0 saturated carbocycles. The Morgan fingerprint density at radius 1 is 1.25 bits per heavy atom. The van der Waals surface area contributed by atoms with Crippen LogP contribution in [0.25, 0.3) is 0 Å². The van der Waals surface area contributed by atoms with Gasteiger partial charge in [0, 0.05) is 22.2 Å². The van der Waals surface area contributed by atoms with Crippen LogP contribution in [0.1, 0.15) is 18.1 Å². The van der Waals surface area contributed by atoms with E-state index in [1.165, 1.54) is 0 Å². The van der Waals surface area contributed by atoms with Crippen molar-refractivity contribution in [3.8, 4) is 0 Å². The van der Waals surface area contributed by atoms with Gasteiger partial charge in [-0.2, -0.15) is 5.10 Å². The Hall–Kier alpha value is -1.59. The van der Waals surface area contributed by atoms with Gasteiger partial charge in [0.2, 0.25) is 5.91 Å². The molecule has 5 nitrogen and oxygen atoms in total. The molecule has 1 N–H and O–H groups in total. The zero-order valence-corrected chi connectivity index (χ0v) is 12.7. The summed E-state index contributed by atoms with van der Waals surface area (Å²) < 4.78 is 1.71. The van der Waals surface area contributed by atoms with E-state index in [9.17, 15) is 4.79 Å². The number of rotatable bonds is 4. The maximum atomic E-state index is 11.9. The first-order valence-corrected chi connectivity index (χ1v) is 6.83. The fourth-order valence-electron chi connectivity index (χ4n) is 1.83. The molecule has 20 heavy (non-hydrogen) atoms. The maximum absolute atomic E-state index is 11.9. The normalized spacial score (nSPS) is 10.6. The highest BCUT2D eigenvalue weighted by Crippen LogP contribution is 2.22. The van der Waals surface area contributed by atoms with Crippen LogP contribution in [0.2, 0.25) is 10.0 Å². The van der Waals surface area contributed by atoms with Crippen molar-refractivity contribution in [3.63, 3.8) is 0 Å². The average molecular weight is 313 g/mol. The summed E-state index contributed by atoms with van der Waals surface area (Å²) in [5, 5.41) is 7.92. The van der Waals surface area contributed by atoms with E-state index in [-0.39, 0.29) is 5.91 Å². The van der Waals surface area contributed by atoms with E-state index in [0.717, 1.165) is 5.82 Å². The lowest BCUT2D eigenvalue weighted by Crippen LogP contribution is -2.15. The number of benzene rings is 1. The molecule has 0 bridgehead atoms. The molecule has 106 valence electrons. The highest BCUT2D eigenvalue weighted by molar-refractivity contribution is 6.35. The van der Waals surface area contributed by atoms with Gasteiger partial charge in [-0.25, -0.2) is 9.67 Å². The molecular weight excluding hydrogens is 299 g/mol. The fraction of sp³-hybridized carbons (Fsp3) is 0.308. The second kappa shape index (κ2) is 6.24.